The first-order valence-corrected chi connectivity index (χ1v) is 18.4. The summed E-state index contributed by atoms with van der Waals surface area (Å²) in [5.74, 6) is -0.217. The molecule has 0 aromatic heterocycles. The molecule has 0 bridgehead atoms. The number of carbonyl (C=O) groups is 1. The van der Waals surface area contributed by atoms with Crippen LogP contribution < -0.4 is 0 Å². The standard InChI is InChI=1S/C44H56O2/c1-10-18-27-22-43(44(45)46-9)34(21-13-4)38-26-42-33(20-12-3)41-25-37-31(17-8)29(15-6)28(14-5)30(16-7)36(37)24-40(41)32(19-11-2)39(42)23-35(27)38/h22-26H,10-21H2,1-9H3. The highest BCUT2D eigenvalue weighted by molar-refractivity contribution is 6.15. The number of benzene rings is 5. The van der Waals surface area contributed by atoms with Gasteiger partial charge in [0.2, 0.25) is 0 Å². The molecular formula is C44H56O2. The molecule has 2 nitrogen and oxygen atoms in total. The second-order valence-corrected chi connectivity index (χ2v) is 13.2. The number of methoxy groups -OCH3 is 1. The summed E-state index contributed by atoms with van der Waals surface area (Å²) in [5.41, 5.74) is 12.4. The van der Waals surface area contributed by atoms with Crippen molar-refractivity contribution in [3.63, 3.8) is 0 Å². The van der Waals surface area contributed by atoms with Crippen LogP contribution in [0.15, 0.2) is 30.3 Å². The Hall–Kier alpha value is -3.39. The number of hydrogen-bond acceptors (Lipinski definition) is 2. The molecule has 0 spiro atoms. The van der Waals surface area contributed by atoms with E-state index in [1.165, 1.54) is 66.9 Å². The van der Waals surface area contributed by atoms with E-state index < -0.39 is 0 Å². The van der Waals surface area contributed by atoms with Crippen molar-refractivity contribution in [2.24, 2.45) is 0 Å². The van der Waals surface area contributed by atoms with Crippen molar-refractivity contribution in [2.75, 3.05) is 7.11 Å². The molecule has 0 saturated heterocycles. The molecule has 0 aliphatic rings. The van der Waals surface area contributed by atoms with Crippen molar-refractivity contribution < 1.29 is 9.53 Å². The second-order valence-electron chi connectivity index (χ2n) is 13.2. The summed E-state index contributed by atoms with van der Waals surface area (Å²) in [7, 11) is 1.51. The zero-order chi connectivity index (χ0) is 33.1. The van der Waals surface area contributed by atoms with E-state index in [9.17, 15) is 4.79 Å². The minimum absolute atomic E-state index is 0.217. The minimum Gasteiger partial charge on any atom is -0.465 e. The van der Waals surface area contributed by atoms with Gasteiger partial charge in [0.1, 0.15) is 0 Å². The Morgan fingerprint density at radius 1 is 0.435 bits per heavy atom. The van der Waals surface area contributed by atoms with Crippen molar-refractivity contribution >= 4 is 49.1 Å². The van der Waals surface area contributed by atoms with Gasteiger partial charge in [0, 0.05) is 0 Å². The highest BCUT2D eigenvalue weighted by Gasteiger charge is 2.23. The number of fused-ring (bicyclic) bond motifs is 4. The third-order valence-corrected chi connectivity index (χ3v) is 10.5. The molecule has 0 radical (unpaired) electrons. The normalized spacial score (nSPS) is 11.8. The Labute approximate surface area is 277 Å². The molecule has 2 heteroatoms. The van der Waals surface area contributed by atoms with Gasteiger partial charge in [-0.3, -0.25) is 0 Å². The number of aryl methyl sites for hydroxylation is 6. The summed E-state index contributed by atoms with van der Waals surface area (Å²) in [6.07, 6.45) is 12.4. The zero-order valence-electron chi connectivity index (χ0n) is 30.2. The quantitative estimate of drug-likeness (QED) is 0.0971. The van der Waals surface area contributed by atoms with Gasteiger partial charge in [0.25, 0.3) is 0 Å². The smallest absolute Gasteiger partial charge is 0.338 e. The van der Waals surface area contributed by atoms with Gasteiger partial charge < -0.3 is 4.74 Å². The SMILES string of the molecule is CCCc1cc(C(=O)OC)c(CCC)c2cc3c(CCC)c4cc5c(CC)c(CC)c(CC)c(CC)c5cc4c(CCC)c3cc12. The van der Waals surface area contributed by atoms with Gasteiger partial charge >= 0.3 is 5.97 Å². The fourth-order valence-electron chi connectivity index (χ4n) is 8.66. The second kappa shape index (κ2) is 14.6. The number of ether oxygens (including phenoxy) is 1. The predicted molar refractivity (Wildman–Crippen MR) is 201 cm³/mol. The summed E-state index contributed by atoms with van der Waals surface area (Å²) in [6.45, 7) is 18.4. The molecule has 46 heavy (non-hydrogen) atoms. The number of carbonyl (C=O) groups excluding carboxylic acids is 1. The van der Waals surface area contributed by atoms with Crippen LogP contribution in [0.5, 0.6) is 0 Å². The maximum Gasteiger partial charge on any atom is 0.338 e. The van der Waals surface area contributed by atoms with Crippen LogP contribution in [0, 0.1) is 0 Å². The summed E-state index contributed by atoms with van der Waals surface area (Å²) in [4.78, 5) is 13.2. The molecule has 0 N–H and O–H groups in total. The highest BCUT2D eigenvalue weighted by atomic mass is 16.5. The van der Waals surface area contributed by atoms with E-state index in [1.54, 1.807) is 22.3 Å². The van der Waals surface area contributed by atoms with Crippen LogP contribution in [0.3, 0.4) is 0 Å². The van der Waals surface area contributed by atoms with Crippen LogP contribution in [0.4, 0.5) is 0 Å². The first-order valence-electron chi connectivity index (χ1n) is 18.4. The van der Waals surface area contributed by atoms with Crippen LogP contribution in [0.1, 0.15) is 136 Å². The van der Waals surface area contributed by atoms with Gasteiger partial charge in [-0.15, -0.1) is 0 Å². The first kappa shape index (κ1) is 34.0. The highest BCUT2D eigenvalue weighted by Crippen LogP contribution is 2.43. The lowest BCUT2D eigenvalue weighted by Crippen LogP contribution is -2.09. The van der Waals surface area contributed by atoms with E-state index >= 15 is 0 Å². The number of hydrogen-bond donors (Lipinski definition) is 0. The van der Waals surface area contributed by atoms with Crippen molar-refractivity contribution in [3.8, 4) is 0 Å². The molecule has 5 aromatic carbocycles. The molecule has 5 rings (SSSR count). The summed E-state index contributed by atoms with van der Waals surface area (Å²) in [6, 6.07) is 12.3. The van der Waals surface area contributed by atoms with Gasteiger partial charge in [-0.05, 0) is 169 Å². The fraction of sp³-hybridized carbons (Fsp3) is 0.477. The lowest BCUT2D eigenvalue weighted by molar-refractivity contribution is 0.0599. The van der Waals surface area contributed by atoms with E-state index in [0.29, 0.717) is 0 Å². The maximum atomic E-state index is 13.2. The van der Waals surface area contributed by atoms with Crippen LogP contribution in [-0.2, 0) is 56.1 Å². The fourth-order valence-corrected chi connectivity index (χ4v) is 8.66. The van der Waals surface area contributed by atoms with Crippen molar-refractivity contribution in [2.45, 2.75) is 132 Å². The van der Waals surface area contributed by atoms with E-state index in [0.717, 1.165) is 88.2 Å². The third kappa shape index (κ3) is 5.61. The first-order chi connectivity index (χ1) is 22.4. The number of esters is 1. The zero-order valence-corrected chi connectivity index (χ0v) is 30.2. The molecule has 244 valence electrons. The van der Waals surface area contributed by atoms with E-state index in [1.807, 2.05) is 0 Å². The van der Waals surface area contributed by atoms with Gasteiger partial charge in [0.15, 0.2) is 0 Å². The van der Waals surface area contributed by atoms with Crippen molar-refractivity contribution in [1.82, 2.24) is 0 Å². The molecule has 0 atom stereocenters. The third-order valence-electron chi connectivity index (χ3n) is 10.5. The van der Waals surface area contributed by atoms with E-state index in [2.05, 4.69) is 85.7 Å². The molecule has 0 aliphatic heterocycles. The molecule has 0 aliphatic carbocycles. The minimum atomic E-state index is -0.217. The van der Waals surface area contributed by atoms with E-state index in [4.69, 9.17) is 4.74 Å². The van der Waals surface area contributed by atoms with Gasteiger partial charge in [-0.25, -0.2) is 4.79 Å². The summed E-state index contributed by atoms with van der Waals surface area (Å²) >= 11 is 0. The summed E-state index contributed by atoms with van der Waals surface area (Å²) in [5, 5.41) is 11.2. The molecule has 0 heterocycles. The molecule has 0 amide bonds. The van der Waals surface area contributed by atoms with E-state index in [-0.39, 0.29) is 5.97 Å². The van der Waals surface area contributed by atoms with Crippen molar-refractivity contribution in [1.29, 1.82) is 0 Å². The number of rotatable bonds is 13. The molecular weight excluding hydrogens is 560 g/mol. The van der Waals surface area contributed by atoms with Gasteiger partial charge in [0.05, 0.1) is 12.7 Å². The van der Waals surface area contributed by atoms with Gasteiger partial charge in [-0.1, -0.05) is 81.1 Å². The Kier molecular flexibility index (Phi) is 10.8. The van der Waals surface area contributed by atoms with Crippen LogP contribution >= 0.6 is 0 Å². The lowest BCUT2D eigenvalue weighted by Gasteiger charge is -2.24. The average Bonchev–Trinajstić information content (AvgIpc) is 3.07. The average molecular weight is 617 g/mol. The van der Waals surface area contributed by atoms with Crippen LogP contribution in [0.2, 0.25) is 0 Å². The maximum absolute atomic E-state index is 13.2. The van der Waals surface area contributed by atoms with Crippen LogP contribution in [-0.4, -0.2) is 13.1 Å². The Balaban J connectivity index is 2.07. The predicted octanol–water partition coefficient (Wildman–Crippen LogP) is 12.1. The largest absolute Gasteiger partial charge is 0.465 e. The molecule has 0 fully saturated rings. The Bertz CT molecular complexity index is 1920. The Morgan fingerprint density at radius 3 is 1.15 bits per heavy atom. The molecule has 5 aromatic rings. The molecule has 0 saturated carbocycles. The van der Waals surface area contributed by atoms with Crippen LogP contribution in [0.25, 0.3) is 43.1 Å². The monoisotopic (exact) mass is 616 g/mol. The van der Waals surface area contributed by atoms with Crippen molar-refractivity contribution in [3.05, 3.63) is 80.4 Å². The summed E-state index contributed by atoms with van der Waals surface area (Å²) < 4.78 is 5.34. The van der Waals surface area contributed by atoms with Gasteiger partial charge in [-0.2, -0.15) is 0 Å². The lowest BCUT2D eigenvalue weighted by atomic mass is 9.80. The molecule has 0 unspecified atom stereocenters. The topological polar surface area (TPSA) is 26.3 Å². The Morgan fingerprint density at radius 2 is 0.783 bits per heavy atom.